The zero-order valence-corrected chi connectivity index (χ0v) is 13.9. The van der Waals surface area contributed by atoms with Crippen LogP contribution in [0.1, 0.15) is 44.1 Å². The van der Waals surface area contributed by atoms with Crippen LogP contribution < -0.4 is 10.6 Å². The highest BCUT2D eigenvalue weighted by Gasteiger charge is 2.15. The topological polar surface area (TPSA) is 82.7 Å². The number of hydrogen-bond donors (Lipinski definition) is 3. The minimum atomic E-state index is 0.147. The van der Waals surface area contributed by atoms with Crippen LogP contribution in [0.5, 0.6) is 0 Å². The van der Waals surface area contributed by atoms with Crippen LogP contribution in [0.15, 0.2) is 30.7 Å². The van der Waals surface area contributed by atoms with Crippen LogP contribution in [0, 0.1) is 0 Å². The average Bonchev–Trinajstić information content (AvgIpc) is 3.09. The Morgan fingerprint density at radius 1 is 1.25 bits per heavy atom. The molecule has 0 atom stereocenters. The van der Waals surface area contributed by atoms with Gasteiger partial charge in [-0.05, 0) is 25.0 Å². The minimum Gasteiger partial charge on any atom is -0.353 e. The van der Waals surface area contributed by atoms with Crippen molar-refractivity contribution < 1.29 is 4.79 Å². The third kappa shape index (κ3) is 4.64. The van der Waals surface area contributed by atoms with Gasteiger partial charge < -0.3 is 10.6 Å². The summed E-state index contributed by atoms with van der Waals surface area (Å²) in [7, 11) is 0. The van der Waals surface area contributed by atoms with Gasteiger partial charge in [0.1, 0.15) is 0 Å². The molecule has 0 aliphatic heterocycles. The van der Waals surface area contributed by atoms with Gasteiger partial charge in [0, 0.05) is 49.1 Å². The number of amides is 1. The lowest BCUT2D eigenvalue weighted by Gasteiger charge is -2.22. The van der Waals surface area contributed by atoms with E-state index in [4.69, 9.17) is 0 Å². The molecule has 0 bridgehead atoms. The molecule has 0 saturated heterocycles. The molecule has 1 aliphatic carbocycles. The molecular weight excluding hydrogens is 302 g/mol. The van der Waals surface area contributed by atoms with Gasteiger partial charge in [0.15, 0.2) is 0 Å². The summed E-state index contributed by atoms with van der Waals surface area (Å²) in [6.45, 7) is 1.34. The molecule has 3 rings (SSSR count). The summed E-state index contributed by atoms with van der Waals surface area (Å²) in [6, 6.07) is 4.29. The normalized spacial score (nSPS) is 15.3. The van der Waals surface area contributed by atoms with Gasteiger partial charge in [-0.25, -0.2) is 0 Å². The van der Waals surface area contributed by atoms with Gasteiger partial charge in [-0.15, -0.1) is 0 Å². The molecule has 6 heteroatoms. The zero-order chi connectivity index (χ0) is 16.6. The number of nitrogens with zero attached hydrogens (tertiary/aromatic N) is 2. The smallest absolute Gasteiger partial charge is 0.221 e. The Balaban J connectivity index is 1.41. The van der Waals surface area contributed by atoms with E-state index in [1.54, 1.807) is 6.20 Å². The van der Waals surface area contributed by atoms with Gasteiger partial charge in [0.2, 0.25) is 5.91 Å². The monoisotopic (exact) mass is 327 g/mol. The molecule has 128 valence electrons. The van der Waals surface area contributed by atoms with Crippen molar-refractivity contribution in [3.8, 4) is 11.3 Å². The first-order valence-electron chi connectivity index (χ1n) is 8.75. The Morgan fingerprint density at radius 3 is 2.92 bits per heavy atom. The molecular formula is C18H25N5O. The van der Waals surface area contributed by atoms with E-state index in [-0.39, 0.29) is 5.91 Å². The Bertz CT molecular complexity index is 634. The highest BCUT2D eigenvalue weighted by atomic mass is 16.1. The van der Waals surface area contributed by atoms with Crippen LogP contribution in [0.4, 0.5) is 0 Å². The van der Waals surface area contributed by atoms with Crippen molar-refractivity contribution in [2.24, 2.45) is 0 Å². The fourth-order valence-electron chi connectivity index (χ4n) is 3.18. The average molecular weight is 327 g/mol. The molecule has 1 saturated carbocycles. The molecule has 0 unspecified atom stereocenters. The van der Waals surface area contributed by atoms with Crippen LogP contribution >= 0.6 is 0 Å². The standard InChI is InChI=1S/C18H25N5O/c24-17(22-16-6-2-1-3-7-16)8-10-20-12-15-13-21-23-18(15)14-5-4-9-19-11-14/h4-5,9,11,13,16,20H,1-3,6-8,10,12H2,(H,21,23)(H,22,24). The first kappa shape index (κ1) is 16.6. The summed E-state index contributed by atoms with van der Waals surface area (Å²) in [5.74, 6) is 0.147. The highest BCUT2D eigenvalue weighted by Crippen LogP contribution is 2.19. The Morgan fingerprint density at radius 2 is 2.12 bits per heavy atom. The molecule has 2 heterocycles. The first-order valence-corrected chi connectivity index (χ1v) is 8.75. The maximum absolute atomic E-state index is 12.0. The minimum absolute atomic E-state index is 0.147. The van der Waals surface area contributed by atoms with Crippen molar-refractivity contribution in [3.05, 3.63) is 36.3 Å². The van der Waals surface area contributed by atoms with Crippen LogP contribution in [-0.2, 0) is 11.3 Å². The number of pyridine rings is 1. The van der Waals surface area contributed by atoms with E-state index in [0.717, 1.165) is 29.7 Å². The number of aromatic nitrogens is 3. The summed E-state index contributed by atoms with van der Waals surface area (Å²) in [6.07, 6.45) is 11.9. The van der Waals surface area contributed by atoms with Crippen molar-refractivity contribution >= 4 is 5.91 Å². The number of carbonyl (C=O) groups excluding carboxylic acids is 1. The van der Waals surface area contributed by atoms with E-state index in [1.165, 1.54) is 19.3 Å². The Kier molecular flexibility index (Phi) is 5.96. The third-order valence-electron chi connectivity index (χ3n) is 4.48. The van der Waals surface area contributed by atoms with Crippen molar-refractivity contribution in [3.63, 3.8) is 0 Å². The van der Waals surface area contributed by atoms with Gasteiger partial charge in [0.05, 0.1) is 11.9 Å². The molecule has 24 heavy (non-hydrogen) atoms. The number of nitrogens with one attached hydrogen (secondary N) is 3. The summed E-state index contributed by atoms with van der Waals surface area (Å²) < 4.78 is 0. The van der Waals surface area contributed by atoms with Crippen molar-refractivity contribution in [2.45, 2.75) is 51.1 Å². The van der Waals surface area contributed by atoms with Gasteiger partial charge in [-0.1, -0.05) is 19.3 Å². The van der Waals surface area contributed by atoms with Crippen LogP contribution in [-0.4, -0.2) is 33.7 Å². The number of hydrogen-bond acceptors (Lipinski definition) is 4. The van der Waals surface area contributed by atoms with Gasteiger partial charge in [0.25, 0.3) is 0 Å². The van der Waals surface area contributed by atoms with E-state index in [9.17, 15) is 4.79 Å². The van der Waals surface area contributed by atoms with Gasteiger partial charge in [-0.3, -0.25) is 14.9 Å². The van der Waals surface area contributed by atoms with Crippen molar-refractivity contribution in [1.82, 2.24) is 25.8 Å². The van der Waals surface area contributed by atoms with Gasteiger partial charge >= 0.3 is 0 Å². The molecule has 1 amide bonds. The molecule has 0 aromatic carbocycles. The maximum Gasteiger partial charge on any atom is 0.221 e. The molecule has 2 aromatic heterocycles. The van der Waals surface area contributed by atoms with Crippen molar-refractivity contribution in [2.75, 3.05) is 6.54 Å². The van der Waals surface area contributed by atoms with Crippen LogP contribution in [0.3, 0.4) is 0 Å². The maximum atomic E-state index is 12.0. The summed E-state index contributed by atoms with van der Waals surface area (Å²) in [5, 5.41) is 13.6. The fourth-order valence-corrected chi connectivity index (χ4v) is 3.18. The molecule has 3 N–H and O–H groups in total. The molecule has 1 fully saturated rings. The van der Waals surface area contributed by atoms with Crippen molar-refractivity contribution in [1.29, 1.82) is 0 Å². The number of aromatic amines is 1. The lowest BCUT2D eigenvalue weighted by atomic mass is 9.95. The largest absolute Gasteiger partial charge is 0.353 e. The van der Waals surface area contributed by atoms with Crippen LogP contribution in [0.2, 0.25) is 0 Å². The number of rotatable bonds is 7. The number of carbonyl (C=O) groups is 1. The second kappa shape index (κ2) is 8.59. The summed E-state index contributed by atoms with van der Waals surface area (Å²) >= 11 is 0. The summed E-state index contributed by atoms with van der Waals surface area (Å²) in [4.78, 5) is 16.1. The van der Waals surface area contributed by atoms with E-state index in [2.05, 4.69) is 25.8 Å². The third-order valence-corrected chi connectivity index (χ3v) is 4.48. The fraction of sp³-hybridized carbons (Fsp3) is 0.500. The molecule has 2 aromatic rings. The molecule has 0 spiro atoms. The van der Waals surface area contributed by atoms with E-state index < -0.39 is 0 Å². The number of H-pyrrole nitrogens is 1. The lowest BCUT2D eigenvalue weighted by molar-refractivity contribution is -0.121. The molecule has 0 radical (unpaired) electrons. The highest BCUT2D eigenvalue weighted by molar-refractivity contribution is 5.76. The van der Waals surface area contributed by atoms with E-state index >= 15 is 0 Å². The predicted octanol–water partition coefficient (Wildman–Crippen LogP) is 2.40. The lowest BCUT2D eigenvalue weighted by Crippen LogP contribution is -2.37. The quantitative estimate of drug-likeness (QED) is 0.682. The van der Waals surface area contributed by atoms with Gasteiger partial charge in [-0.2, -0.15) is 5.10 Å². The second-order valence-electron chi connectivity index (χ2n) is 6.34. The zero-order valence-electron chi connectivity index (χ0n) is 13.9. The van der Waals surface area contributed by atoms with E-state index in [0.29, 0.717) is 25.6 Å². The SMILES string of the molecule is O=C(CCNCc1cn[nH]c1-c1cccnc1)NC1CCCCC1. The molecule has 1 aliphatic rings. The predicted molar refractivity (Wildman–Crippen MR) is 93.2 cm³/mol. The second-order valence-corrected chi connectivity index (χ2v) is 6.34. The Labute approximate surface area is 142 Å². The molecule has 6 nitrogen and oxygen atoms in total. The Hall–Kier alpha value is -2.21. The van der Waals surface area contributed by atoms with E-state index in [1.807, 2.05) is 24.5 Å². The van der Waals surface area contributed by atoms with Crippen LogP contribution in [0.25, 0.3) is 11.3 Å². The first-order chi connectivity index (χ1) is 11.8. The summed E-state index contributed by atoms with van der Waals surface area (Å²) in [5.41, 5.74) is 3.07.